The Labute approximate surface area is 214 Å². The Morgan fingerprint density at radius 3 is 2.46 bits per heavy atom. The number of anilines is 1. The zero-order valence-corrected chi connectivity index (χ0v) is 20.8. The van der Waals surface area contributed by atoms with Crippen LogP contribution in [0.3, 0.4) is 0 Å². The van der Waals surface area contributed by atoms with Crippen LogP contribution >= 0.6 is 0 Å². The lowest BCUT2D eigenvalue weighted by Crippen LogP contribution is -2.31. The second-order valence-corrected chi connectivity index (χ2v) is 10.6. The van der Waals surface area contributed by atoms with Crippen LogP contribution in [0.2, 0.25) is 0 Å². The van der Waals surface area contributed by atoms with E-state index in [1.807, 2.05) is 54.1 Å². The first-order chi connectivity index (χ1) is 17.8. The van der Waals surface area contributed by atoms with Gasteiger partial charge in [0, 0.05) is 35.6 Å². The number of aryl methyl sites for hydroxylation is 1. The zero-order chi connectivity index (χ0) is 25.9. The number of rotatable bonds is 6. The molecular formula is C30H28F2N4O. The average Bonchev–Trinajstić information content (AvgIpc) is 3.24. The van der Waals surface area contributed by atoms with Gasteiger partial charge in [0.25, 0.3) is 0 Å². The largest absolute Gasteiger partial charge is 0.327 e. The molecule has 1 N–H and O–H groups in total. The highest BCUT2D eigenvalue weighted by atomic mass is 19.2. The first-order valence-electron chi connectivity index (χ1n) is 12.6. The smallest absolute Gasteiger partial charge is 0.231 e. The molecule has 2 aromatic carbocycles. The van der Waals surface area contributed by atoms with Crippen molar-refractivity contribution in [3.8, 4) is 11.3 Å². The summed E-state index contributed by atoms with van der Waals surface area (Å²) in [5, 5.41) is 3.07. The summed E-state index contributed by atoms with van der Waals surface area (Å²) in [6.07, 6.45) is 7.00. The quantitative estimate of drug-likeness (QED) is 0.301. The summed E-state index contributed by atoms with van der Waals surface area (Å²) in [5.41, 5.74) is 4.60. The first kappa shape index (κ1) is 23.5. The van der Waals surface area contributed by atoms with Crippen molar-refractivity contribution in [1.82, 2.24) is 14.5 Å². The van der Waals surface area contributed by atoms with E-state index in [2.05, 4.69) is 28.8 Å². The third-order valence-electron chi connectivity index (χ3n) is 8.58. The molecule has 188 valence electrons. The topological polar surface area (TPSA) is 59.8 Å². The molecule has 0 spiro atoms. The minimum atomic E-state index is -0.888. The normalized spacial score (nSPS) is 25.0. The Hall–Kier alpha value is -3.87. The molecule has 5 nitrogen and oxygen atoms in total. The molecule has 4 aromatic rings. The van der Waals surface area contributed by atoms with E-state index in [-0.39, 0.29) is 23.3 Å². The molecule has 0 aliphatic heterocycles. The number of carbonyl (C=O) groups is 1. The van der Waals surface area contributed by atoms with Crippen LogP contribution in [0, 0.1) is 41.7 Å². The van der Waals surface area contributed by atoms with Crippen molar-refractivity contribution < 1.29 is 13.6 Å². The van der Waals surface area contributed by atoms with Gasteiger partial charge in [0.05, 0.1) is 29.0 Å². The molecule has 2 heterocycles. The van der Waals surface area contributed by atoms with Crippen LogP contribution in [0.4, 0.5) is 14.5 Å². The number of imidazole rings is 1. The molecular weight excluding hydrogens is 470 g/mol. The summed E-state index contributed by atoms with van der Waals surface area (Å²) in [6.45, 7) is 8.15. The number of fused-ring (bicyclic) bond motifs is 2. The fourth-order valence-corrected chi connectivity index (χ4v) is 6.47. The number of nitrogens with one attached hydrogen (secondary N) is 1. The molecule has 37 heavy (non-hydrogen) atoms. The molecule has 0 saturated heterocycles. The summed E-state index contributed by atoms with van der Waals surface area (Å²) >= 11 is 0. The van der Waals surface area contributed by atoms with E-state index >= 15 is 0 Å². The number of carbonyl (C=O) groups excluding carboxylic acids is 1. The summed E-state index contributed by atoms with van der Waals surface area (Å²) in [5.74, 6) is -1.44. The maximum atomic E-state index is 13.9. The van der Waals surface area contributed by atoms with E-state index < -0.39 is 11.6 Å². The third kappa shape index (κ3) is 3.84. The van der Waals surface area contributed by atoms with Crippen molar-refractivity contribution in [3.63, 3.8) is 0 Å². The molecule has 2 aliphatic rings. The van der Waals surface area contributed by atoms with E-state index in [4.69, 9.17) is 0 Å². The van der Waals surface area contributed by atoms with Gasteiger partial charge in [0.1, 0.15) is 0 Å². The molecule has 0 bridgehead atoms. The summed E-state index contributed by atoms with van der Waals surface area (Å²) in [6, 6.07) is 14.2. The van der Waals surface area contributed by atoms with Crippen LogP contribution in [0.15, 0.2) is 73.7 Å². The van der Waals surface area contributed by atoms with Crippen LogP contribution < -0.4 is 5.32 Å². The highest BCUT2D eigenvalue weighted by molar-refractivity contribution is 5.95. The summed E-state index contributed by atoms with van der Waals surface area (Å²) < 4.78 is 29.4. The van der Waals surface area contributed by atoms with Crippen LogP contribution in [-0.4, -0.2) is 20.4 Å². The van der Waals surface area contributed by atoms with E-state index in [0.717, 1.165) is 41.4 Å². The molecule has 2 fully saturated rings. The number of hydrogen-bond donors (Lipinski definition) is 1. The van der Waals surface area contributed by atoms with Gasteiger partial charge in [-0.2, -0.15) is 0 Å². The molecule has 2 aromatic heterocycles. The van der Waals surface area contributed by atoms with E-state index in [9.17, 15) is 13.6 Å². The van der Waals surface area contributed by atoms with Gasteiger partial charge in [-0.1, -0.05) is 31.2 Å². The number of nitrogens with zero attached hydrogens (tertiary/aromatic N) is 3. The van der Waals surface area contributed by atoms with Crippen molar-refractivity contribution >= 4 is 22.6 Å². The minimum Gasteiger partial charge on any atom is -0.327 e. The number of amides is 1. The number of aromatic nitrogens is 3. The maximum Gasteiger partial charge on any atom is 0.231 e. The Balaban J connectivity index is 1.14. The monoisotopic (exact) mass is 498 g/mol. The minimum absolute atomic E-state index is 0.0599. The Kier molecular flexibility index (Phi) is 5.48. The SMILES string of the molecule is C=C[C@H](C(=O)Nc1ccc(-c2ccc(C)cn2)cc1)C1(C)[C@@H]2CC(n3cnc4cc(F)c(F)cc43)C[C@@H]21. The fourth-order valence-electron chi connectivity index (χ4n) is 6.47. The van der Waals surface area contributed by atoms with Gasteiger partial charge < -0.3 is 9.88 Å². The van der Waals surface area contributed by atoms with E-state index in [1.54, 1.807) is 12.4 Å². The van der Waals surface area contributed by atoms with E-state index in [1.165, 1.54) is 6.07 Å². The first-order valence-corrected chi connectivity index (χ1v) is 12.6. The Morgan fingerprint density at radius 1 is 1.11 bits per heavy atom. The van der Waals surface area contributed by atoms with Gasteiger partial charge in [0.15, 0.2) is 11.6 Å². The summed E-state index contributed by atoms with van der Waals surface area (Å²) in [7, 11) is 0. The summed E-state index contributed by atoms with van der Waals surface area (Å²) in [4.78, 5) is 22.1. The standard InChI is InChI=1S/C30H28F2N4O/c1-4-21(29(37)35-19-8-6-18(7-9-19)26-10-5-17(2)15-33-26)30(3)22-11-20(12-23(22)30)36-16-34-27-13-24(31)25(32)14-28(27)36/h4-10,13-16,20-23H,1,11-12H2,2-3H3,(H,35,37)/t20?,21-,22-,23+,30?/m1/s1. The second kappa shape index (κ2) is 8.61. The number of benzene rings is 2. The molecule has 6 rings (SSSR count). The predicted molar refractivity (Wildman–Crippen MR) is 140 cm³/mol. The number of halogens is 2. The predicted octanol–water partition coefficient (Wildman–Crippen LogP) is 6.71. The van der Waals surface area contributed by atoms with Gasteiger partial charge in [0.2, 0.25) is 5.91 Å². The number of pyridine rings is 1. The van der Waals surface area contributed by atoms with Crippen LogP contribution in [0.1, 0.15) is 31.4 Å². The maximum absolute atomic E-state index is 13.9. The van der Waals surface area contributed by atoms with Crippen molar-refractivity contribution in [1.29, 1.82) is 0 Å². The van der Waals surface area contributed by atoms with Gasteiger partial charge >= 0.3 is 0 Å². The highest BCUT2D eigenvalue weighted by Gasteiger charge is 2.69. The van der Waals surface area contributed by atoms with Gasteiger partial charge in [-0.3, -0.25) is 9.78 Å². The Bertz CT molecular complexity index is 1500. The lowest BCUT2D eigenvalue weighted by Gasteiger charge is -2.27. The highest BCUT2D eigenvalue weighted by Crippen LogP contribution is 2.73. The van der Waals surface area contributed by atoms with Gasteiger partial charge in [-0.15, -0.1) is 6.58 Å². The Morgan fingerprint density at radius 2 is 1.81 bits per heavy atom. The van der Waals surface area contributed by atoms with Crippen LogP contribution in [0.5, 0.6) is 0 Å². The van der Waals surface area contributed by atoms with Crippen LogP contribution in [-0.2, 0) is 4.79 Å². The molecule has 2 saturated carbocycles. The zero-order valence-electron chi connectivity index (χ0n) is 20.8. The molecule has 5 atom stereocenters. The second-order valence-electron chi connectivity index (χ2n) is 10.6. The van der Waals surface area contributed by atoms with Gasteiger partial charge in [-0.05, 0) is 60.8 Å². The molecule has 0 radical (unpaired) electrons. The van der Waals surface area contributed by atoms with Crippen molar-refractivity contribution in [2.75, 3.05) is 5.32 Å². The molecule has 1 amide bonds. The van der Waals surface area contributed by atoms with Crippen molar-refractivity contribution in [2.24, 2.45) is 23.2 Å². The fraction of sp³-hybridized carbons (Fsp3) is 0.300. The number of hydrogen-bond acceptors (Lipinski definition) is 3. The lowest BCUT2D eigenvalue weighted by molar-refractivity contribution is -0.120. The average molecular weight is 499 g/mol. The van der Waals surface area contributed by atoms with E-state index in [0.29, 0.717) is 22.9 Å². The third-order valence-corrected chi connectivity index (χ3v) is 8.58. The molecule has 2 aliphatic carbocycles. The van der Waals surface area contributed by atoms with Gasteiger partial charge in [-0.25, -0.2) is 13.8 Å². The van der Waals surface area contributed by atoms with Crippen molar-refractivity contribution in [2.45, 2.75) is 32.7 Å². The molecule has 2 unspecified atom stereocenters. The lowest BCUT2D eigenvalue weighted by atomic mass is 9.82. The van der Waals surface area contributed by atoms with Crippen LogP contribution in [0.25, 0.3) is 22.3 Å². The van der Waals surface area contributed by atoms with Crippen molar-refractivity contribution in [3.05, 3.63) is 90.9 Å². The molecule has 7 heteroatoms.